The number of nitrogens with one attached hydrogen (secondary N) is 1. The Morgan fingerprint density at radius 3 is 2.55 bits per heavy atom. The van der Waals surface area contributed by atoms with Gasteiger partial charge in [0, 0.05) is 16.4 Å². The van der Waals surface area contributed by atoms with E-state index >= 15 is 0 Å². The number of thioether (sulfide) groups is 1. The number of carbonyl (C=O) groups excluding carboxylic acids is 2. The van der Waals surface area contributed by atoms with E-state index in [9.17, 15) is 9.59 Å². The van der Waals surface area contributed by atoms with E-state index in [4.69, 9.17) is 0 Å². The predicted octanol–water partition coefficient (Wildman–Crippen LogP) is 3.03. The smallest absolute Gasteiger partial charge is 0.230 e. The second kappa shape index (κ2) is 8.65. The fourth-order valence-corrected chi connectivity index (χ4v) is 3.53. The van der Waals surface area contributed by atoms with Gasteiger partial charge in [0.05, 0.1) is 12.3 Å². The van der Waals surface area contributed by atoms with Crippen LogP contribution in [0.15, 0.2) is 24.3 Å². The third-order valence-corrected chi connectivity index (χ3v) is 5.02. The van der Waals surface area contributed by atoms with E-state index in [0.717, 1.165) is 5.56 Å². The van der Waals surface area contributed by atoms with Gasteiger partial charge < -0.3 is 5.32 Å². The predicted molar refractivity (Wildman–Crippen MR) is 91.0 cm³/mol. The van der Waals surface area contributed by atoms with Crippen molar-refractivity contribution in [3.8, 4) is 11.8 Å². The van der Waals surface area contributed by atoms with Gasteiger partial charge in [0.2, 0.25) is 5.91 Å². The van der Waals surface area contributed by atoms with Crippen LogP contribution in [0.2, 0.25) is 0 Å². The normalized spacial score (nSPS) is 14.2. The first-order chi connectivity index (χ1) is 10.6. The lowest BCUT2D eigenvalue weighted by molar-refractivity contribution is -0.118. The van der Waals surface area contributed by atoms with Crippen molar-refractivity contribution in [3.05, 3.63) is 35.4 Å². The number of amides is 1. The molecular formula is C18H21NO2S. The van der Waals surface area contributed by atoms with Gasteiger partial charge in [0.25, 0.3) is 0 Å². The summed E-state index contributed by atoms with van der Waals surface area (Å²) in [5.74, 6) is 6.54. The van der Waals surface area contributed by atoms with Gasteiger partial charge in [-0.25, -0.2) is 0 Å². The lowest BCUT2D eigenvalue weighted by atomic mass is 10.1. The average Bonchev–Trinajstić information content (AvgIpc) is 3.03. The molecule has 1 aromatic rings. The fourth-order valence-electron chi connectivity index (χ4n) is 2.38. The molecule has 1 aliphatic carbocycles. The first kappa shape index (κ1) is 16.6. The quantitative estimate of drug-likeness (QED) is 0.671. The third kappa shape index (κ3) is 5.57. The Labute approximate surface area is 136 Å². The first-order valence-corrected chi connectivity index (χ1v) is 8.68. The van der Waals surface area contributed by atoms with Crippen molar-refractivity contribution >= 4 is 23.5 Å². The summed E-state index contributed by atoms with van der Waals surface area (Å²) >= 11 is 1.76. The summed E-state index contributed by atoms with van der Waals surface area (Å²) in [6.45, 7) is 1.90. The molecule has 0 aliphatic heterocycles. The second-order valence-electron chi connectivity index (χ2n) is 5.43. The molecule has 1 saturated carbocycles. The van der Waals surface area contributed by atoms with Crippen LogP contribution < -0.4 is 5.32 Å². The molecule has 1 amide bonds. The summed E-state index contributed by atoms with van der Waals surface area (Å²) in [5, 5.41) is 3.48. The average molecular weight is 315 g/mol. The second-order valence-corrected chi connectivity index (χ2v) is 6.72. The van der Waals surface area contributed by atoms with Crippen LogP contribution in [0.3, 0.4) is 0 Å². The third-order valence-electron chi connectivity index (χ3n) is 3.65. The number of hydrogen-bond acceptors (Lipinski definition) is 3. The number of rotatable bonds is 5. The molecule has 2 rings (SSSR count). The Bertz CT molecular complexity index is 577. The Morgan fingerprint density at radius 1 is 1.23 bits per heavy atom. The highest BCUT2D eigenvalue weighted by Gasteiger charge is 2.16. The number of carbonyl (C=O) groups is 2. The summed E-state index contributed by atoms with van der Waals surface area (Å²) in [6.07, 6.45) is 5.09. The highest BCUT2D eigenvalue weighted by Crippen LogP contribution is 2.28. The van der Waals surface area contributed by atoms with Crippen molar-refractivity contribution in [3.63, 3.8) is 0 Å². The summed E-state index contributed by atoms with van der Waals surface area (Å²) in [7, 11) is 0. The van der Waals surface area contributed by atoms with Gasteiger partial charge >= 0.3 is 0 Å². The lowest BCUT2D eigenvalue weighted by Gasteiger charge is -2.07. The monoisotopic (exact) mass is 315 g/mol. The van der Waals surface area contributed by atoms with Crippen LogP contribution in [0, 0.1) is 11.8 Å². The van der Waals surface area contributed by atoms with Crippen molar-refractivity contribution < 1.29 is 9.59 Å². The molecule has 3 nitrogen and oxygen atoms in total. The molecule has 0 aromatic heterocycles. The van der Waals surface area contributed by atoms with E-state index in [0.29, 0.717) is 23.1 Å². The largest absolute Gasteiger partial charge is 0.344 e. The van der Waals surface area contributed by atoms with E-state index in [1.807, 2.05) is 12.1 Å². The van der Waals surface area contributed by atoms with Gasteiger partial charge in [-0.3, -0.25) is 9.59 Å². The summed E-state index contributed by atoms with van der Waals surface area (Å²) in [4.78, 5) is 22.9. The Morgan fingerprint density at radius 2 is 1.91 bits per heavy atom. The molecule has 0 spiro atoms. The zero-order valence-electron chi connectivity index (χ0n) is 12.9. The standard InChI is InChI=1S/C18H21NO2S/c1-14(20)16-10-8-15(9-11-16)5-4-12-19-18(21)13-22-17-6-2-3-7-17/h8-11,17H,2-3,6-7,12-13H2,1H3,(H,19,21). The van der Waals surface area contributed by atoms with Crippen LogP contribution in [0.5, 0.6) is 0 Å². The number of benzene rings is 1. The van der Waals surface area contributed by atoms with E-state index in [1.165, 1.54) is 25.7 Å². The van der Waals surface area contributed by atoms with Crippen LogP contribution in [0.1, 0.15) is 48.5 Å². The van der Waals surface area contributed by atoms with Gasteiger partial charge in [-0.2, -0.15) is 0 Å². The van der Waals surface area contributed by atoms with Crippen LogP contribution >= 0.6 is 11.8 Å². The Kier molecular flexibility index (Phi) is 6.54. The number of ketones is 1. The van der Waals surface area contributed by atoms with Gasteiger partial charge in [-0.15, -0.1) is 11.8 Å². The lowest BCUT2D eigenvalue weighted by Crippen LogP contribution is -2.26. The van der Waals surface area contributed by atoms with E-state index in [-0.39, 0.29) is 11.7 Å². The highest BCUT2D eigenvalue weighted by atomic mass is 32.2. The number of hydrogen-bond donors (Lipinski definition) is 1. The van der Waals surface area contributed by atoms with Gasteiger partial charge in [-0.05, 0) is 31.9 Å². The van der Waals surface area contributed by atoms with E-state index < -0.39 is 0 Å². The molecule has 1 aliphatic rings. The maximum Gasteiger partial charge on any atom is 0.230 e. The topological polar surface area (TPSA) is 46.2 Å². The molecular weight excluding hydrogens is 294 g/mol. The number of Topliss-reactive ketones (excluding diaryl/α,β-unsaturated/α-hetero) is 1. The van der Waals surface area contributed by atoms with Crippen molar-refractivity contribution in [2.45, 2.75) is 37.9 Å². The summed E-state index contributed by atoms with van der Waals surface area (Å²) < 4.78 is 0. The SMILES string of the molecule is CC(=O)c1ccc(C#CCNC(=O)CSC2CCCC2)cc1. The molecule has 1 fully saturated rings. The summed E-state index contributed by atoms with van der Waals surface area (Å²) in [6, 6.07) is 7.18. The van der Waals surface area contributed by atoms with Crippen LogP contribution in [0.4, 0.5) is 0 Å². The minimum Gasteiger partial charge on any atom is -0.344 e. The van der Waals surface area contributed by atoms with Gasteiger partial charge in [-0.1, -0.05) is 36.8 Å². The van der Waals surface area contributed by atoms with Gasteiger partial charge in [0.1, 0.15) is 0 Å². The molecule has 0 saturated heterocycles. The Balaban J connectivity index is 1.69. The first-order valence-electron chi connectivity index (χ1n) is 7.63. The zero-order chi connectivity index (χ0) is 15.8. The molecule has 0 heterocycles. The molecule has 1 N–H and O–H groups in total. The Hall–Kier alpha value is -1.73. The maximum atomic E-state index is 11.7. The van der Waals surface area contributed by atoms with E-state index in [1.54, 1.807) is 30.8 Å². The van der Waals surface area contributed by atoms with Crippen molar-refractivity contribution in [1.29, 1.82) is 0 Å². The minimum atomic E-state index is 0.0477. The van der Waals surface area contributed by atoms with Crippen LogP contribution in [-0.4, -0.2) is 29.2 Å². The van der Waals surface area contributed by atoms with Crippen LogP contribution in [-0.2, 0) is 4.79 Å². The fraction of sp³-hybridized carbons (Fsp3) is 0.444. The maximum absolute atomic E-state index is 11.7. The minimum absolute atomic E-state index is 0.0477. The summed E-state index contributed by atoms with van der Waals surface area (Å²) in [5.41, 5.74) is 1.53. The molecule has 1 aromatic carbocycles. The van der Waals surface area contributed by atoms with Crippen molar-refractivity contribution in [1.82, 2.24) is 5.32 Å². The molecule has 0 radical (unpaired) electrons. The van der Waals surface area contributed by atoms with Crippen molar-refractivity contribution in [2.24, 2.45) is 0 Å². The molecule has 4 heteroatoms. The van der Waals surface area contributed by atoms with E-state index in [2.05, 4.69) is 17.2 Å². The van der Waals surface area contributed by atoms with Gasteiger partial charge in [0.15, 0.2) is 5.78 Å². The molecule has 116 valence electrons. The molecule has 0 atom stereocenters. The molecule has 0 bridgehead atoms. The van der Waals surface area contributed by atoms with Crippen molar-refractivity contribution in [2.75, 3.05) is 12.3 Å². The molecule has 0 unspecified atom stereocenters. The highest BCUT2D eigenvalue weighted by molar-refractivity contribution is 8.00. The zero-order valence-corrected chi connectivity index (χ0v) is 13.7. The molecule has 22 heavy (non-hydrogen) atoms. The van der Waals surface area contributed by atoms with Crippen LogP contribution in [0.25, 0.3) is 0 Å².